The summed E-state index contributed by atoms with van der Waals surface area (Å²) in [6.45, 7) is 2.31. The Kier molecular flexibility index (Phi) is 5.99. The molecule has 1 fully saturated rings. The zero-order valence-corrected chi connectivity index (χ0v) is 19.2. The highest BCUT2D eigenvalue weighted by atomic mass is 32.1. The van der Waals surface area contributed by atoms with Crippen LogP contribution in [0, 0.1) is 5.92 Å². The molecule has 1 aliphatic rings. The van der Waals surface area contributed by atoms with Gasteiger partial charge in [0.05, 0.1) is 7.11 Å². The standard InChI is InChI=1S/C27H28N2O2S/c1-31-24-9-5-8-22(17-24)19-29-25(18-23-12-15-32-27(23)29)26(30)28-13-10-21(11-14-28)16-20-6-3-2-4-7-20/h2-9,12,15,17-18,21H,10-11,13-14,16,19H2,1H3. The van der Waals surface area contributed by atoms with Crippen LogP contribution in [0.3, 0.4) is 0 Å². The molecule has 1 aliphatic heterocycles. The lowest BCUT2D eigenvalue weighted by Gasteiger charge is -2.32. The summed E-state index contributed by atoms with van der Waals surface area (Å²) in [7, 11) is 1.68. The Labute approximate surface area is 193 Å². The normalized spacial score (nSPS) is 14.7. The third-order valence-electron chi connectivity index (χ3n) is 6.47. The molecule has 1 saturated heterocycles. The van der Waals surface area contributed by atoms with Gasteiger partial charge in [0.1, 0.15) is 16.3 Å². The first-order valence-corrected chi connectivity index (χ1v) is 12.1. The van der Waals surface area contributed by atoms with E-state index in [0.29, 0.717) is 12.5 Å². The van der Waals surface area contributed by atoms with Crippen LogP contribution < -0.4 is 4.74 Å². The van der Waals surface area contributed by atoms with Crippen LogP contribution in [0.5, 0.6) is 5.75 Å². The van der Waals surface area contributed by atoms with E-state index in [0.717, 1.165) is 59.6 Å². The number of fused-ring (bicyclic) bond motifs is 1. The number of piperidine rings is 1. The molecule has 3 heterocycles. The maximum atomic E-state index is 13.6. The summed E-state index contributed by atoms with van der Waals surface area (Å²) in [5.41, 5.74) is 3.31. The predicted molar refractivity (Wildman–Crippen MR) is 131 cm³/mol. The number of nitrogens with zero attached hydrogens (tertiary/aromatic N) is 2. The molecule has 2 aromatic heterocycles. The molecule has 0 saturated carbocycles. The Morgan fingerprint density at radius 1 is 1.00 bits per heavy atom. The number of carbonyl (C=O) groups excluding carboxylic acids is 1. The van der Waals surface area contributed by atoms with Crippen molar-refractivity contribution in [3.63, 3.8) is 0 Å². The zero-order valence-electron chi connectivity index (χ0n) is 18.4. The largest absolute Gasteiger partial charge is 0.497 e. The molecule has 164 valence electrons. The quantitative estimate of drug-likeness (QED) is 0.374. The lowest BCUT2D eigenvalue weighted by molar-refractivity contribution is 0.0680. The maximum Gasteiger partial charge on any atom is 0.270 e. The highest BCUT2D eigenvalue weighted by molar-refractivity contribution is 7.16. The Morgan fingerprint density at radius 3 is 2.56 bits per heavy atom. The van der Waals surface area contributed by atoms with Gasteiger partial charge in [-0.05, 0) is 66.0 Å². The first-order chi connectivity index (χ1) is 15.7. The van der Waals surface area contributed by atoms with E-state index in [1.807, 2.05) is 23.1 Å². The molecule has 4 aromatic rings. The molecule has 4 nitrogen and oxygen atoms in total. The molecule has 5 rings (SSSR count). The summed E-state index contributed by atoms with van der Waals surface area (Å²) in [6.07, 6.45) is 3.22. The predicted octanol–water partition coefficient (Wildman–Crippen LogP) is 5.85. The van der Waals surface area contributed by atoms with Crippen molar-refractivity contribution in [1.82, 2.24) is 9.47 Å². The van der Waals surface area contributed by atoms with Crippen molar-refractivity contribution in [1.29, 1.82) is 0 Å². The highest BCUT2D eigenvalue weighted by Gasteiger charge is 2.26. The Bertz CT molecular complexity index is 1200. The molecule has 0 spiro atoms. The molecule has 2 aromatic carbocycles. The number of likely N-dealkylation sites (tertiary alicyclic amines) is 1. The Hall–Kier alpha value is -3.05. The molecule has 5 heteroatoms. The van der Waals surface area contributed by atoms with Crippen molar-refractivity contribution in [2.45, 2.75) is 25.8 Å². The third kappa shape index (κ3) is 4.30. The van der Waals surface area contributed by atoms with Crippen molar-refractivity contribution in [2.24, 2.45) is 5.92 Å². The van der Waals surface area contributed by atoms with Gasteiger partial charge in [-0.3, -0.25) is 4.79 Å². The monoisotopic (exact) mass is 444 g/mol. The van der Waals surface area contributed by atoms with Crippen LogP contribution >= 0.6 is 11.3 Å². The zero-order chi connectivity index (χ0) is 21.9. The van der Waals surface area contributed by atoms with E-state index < -0.39 is 0 Å². The number of aromatic nitrogens is 1. The third-order valence-corrected chi connectivity index (χ3v) is 7.42. The van der Waals surface area contributed by atoms with Gasteiger partial charge in [-0.25, -0.2) is 0 Å². The molecular formula is C27H28N2O2S. The highest BCUT2D eigenvalue weighted by Crippen LogP contribution is 2.29. The van der Waals surface area contributed by atoms with Crippen molar-refractivity contribution in [2.75, 3.05) is 20.2 Å². The van der Waals surface area contributed by atoms with E-state index in [9.17, 15) is 4.79 Å². The van der Waals surface area contributed by atoms with Gasteiger partial charge in [-0.15, -0.1) is 11.3 Å². The van der Waals surface area contributed by atoms with E-state index in [-0.39, 0.29) is 5.91 Å². The van der Waals surface area contributed by atoms with Crippen LogP contribution in [0.25, 0.3) is 10.2 Å². The van der Waals surface area contributed by atoms with Gasteiger partial charge >= 0.3 is 0 Å². The van der Waals surface area contributed by atoms with E-state index in [1.54, 1.807) is 18.4 Å². The average Bonchev–Trinajstić information content (AvgIpc) is 3.43. The molecule has 32 heavy (non-hydrogen) atoms. The van der Waals surface area contributed by atoms with Crippen LogP contribution in [0.15, 0.2) is 72.1 Å². The minimum absolute atomic E-state index is 0.148. The van der Waals surface area contributed by atoms with Crippen LogP contribution in [0.2, 0.25) is 0 Å². The number of amides is 1. The van der Waals surface area contributed by atoms with Crippen molar-refractivity contribution >= 4 is 27.5 Å². The molecule has 0 N–H and O–H groups in total. The minimum Gasteiger partial charge on any atom is -0.497 e. The summed E-state index contributed by atoms with van der Waals surface area (Å²) < 4.78 is 7.56. The smallest absolute Gasteiger partial charge is 0.270 e. The van der Waals surface area contributed by atoms with E-state index in [4.69, 9.17) is 4.74 Å². The van der Waals surface area contributed by atoms with Crippen molar-refractivity contribution in [3.05, 3.63) is 88.9 Å². The van der Waals surface area contributed by atoms with Crippen LogP contribution in [0.4, 0.5) is 0 Å². The van der Waals surface area contributed by atoms with Gasteiger partial charge in [0.15, 0.2) is 0 Å². The number of ether oxygens (including phenoxy) is 1. The Morgan fingerprint density at radius 2 is 1.78 bits per heavy atom. The summed E-state index contributed by atoms with van der Waals surface area (Å²) in [6, 6.07) is 22.9. The van der Waals surface area contributed by atoms with E-state index in [2.05, 4.69) is 58.5 Å². The minimum atomic E-state index is 0.148. The summed E-state index contributed by atoms with van der Waals surface area (Å²) in [5, 5.41) is 3.23. The van der Waals surface area contributed by atoms with Gasteiger partial charge in [0, 0.05) is 25.0 Å². The van der Waals surface area contributed by atoms with Crippen LogP contribution in [0.1, 0.15) is 34.5 Å². The second kappa shape index (κ2) is 9.21. The second-order valence-corrected chi connectivity index (χ2v) is 9.47. The fraction of sp³-hybridized carbons (Fsp3) is 0.296. The summed E-state index contributed by atoms with van der Waals surface area (Å²) >= 11 is 1.69. The lowest BCUT2D eigenvalue weighted by atomic mass is 9.90. The number of hydrogen-bond donors (Lipinski definition) is 0. The van der Waals surface area contributed by atoms with Gasteiger partial charge in [-0.1, -0.05) is 42.5 Å². The number of methoxy groups -OCH3 is 1. The number of thiophene rings is 1. The molecular weight excluding hydrogens is 416 g/mol. The fourth-order valence-corrected chi connectivity index (χ4v) is 5.61. The van der Waals surface area contributed by atoms with Crippen LogP contribution in [-0.2, 0) is 13.0 Å². The maximum absolute atomic E-state index is 13.6. The average molecular weight is 445 g/mol. The second-order valence-electron chi connectivity index (χ2n) is 8.57. The molecule has 1 amide bonds. The number of hydrogen-bond acceptors (Lipinski definition) is 3. The number of carbonyl (C=O) groups is 1. The summed E-state index contributed by atoms with van der Waals surface area (Å²) in [5.74, 6) is 1.63. The van der Waals surface area contributed by atoms with E-state index >= 15 is 0 Å². The molecule has 0 aliphatic carbocycles. The Balaban J connectivity index is 1.33. The van der Waals surface area contributed by atoms with Crippen LogP contribution in [-0.4, -0.2) is 35.6 Å². The van der Waals surface area contributed by atoms with Crippen molar-refractivity contribution < 1.29 is 9.53 Å². The number of benzene rings is 2. The lowest BCUT2D eigenvalue weighted by Crippen LogP contribution is -2.39. The first-order valence-electron chi connectivity index (χ1n) is 11.2. The fourth-order valence-electron chi connectivity index (χ4n) is 4.71. The van der Waals surface area contributed by atoms with Crippen molar-refractivity contribution in [3.8, 4) is 5.75 Å². The summed E-state index contributed by atoms with van der Waals surface area (Å²) in [4.78, 5) is 16.7. The van der Waals surface area contributed by atoms with Gasteiger partial charge < -0.3 is 14.2 Å². The topological polar surface area (TPSA) is 34.5 Å². The molecule has 0 radical (unpaired) electrons. The van der Waals surface area contributed by atoms with Gasteiger partial charge in [0.25, 0.3) is 5.91 Å². The molecule has 0 bridgehead atoms. The van der Waals surface area contributed by atoms with Gasteiger partial charge in [-0.2, -0.15) is 0 Å². The SMILES string of the molecule is COc1cccc(Cn2c(C(=O)N3CCC(Cc4ccccc4)CC3)cc3ccsc32)c1. The number of rotatable bonds is 6. The first kappa shape index (κ1) is 20.8. The molecule has 0 atom stereocenters. The van der Waals surface area contributed by atoms with E-state index in [1.165, 1.54) is 5.56 Å². The van der Waals surface area contributed by atoms with Gasteiger partial charge in [0.2, 0.25) is 0 Å². The molecule has 0 unspecified atom stereocenters.